The predicted molar refractivity (Wildman–Crippen MR) is 196 cm³/mol. The number of aromatic nitrogens is 1. The molecule has 4 amide bonds. The summed E-state index contributed by atoms with van der Waals surface area (Å²) < 4.78 is 46.2. The van der Waals surface area contributed by atoms with Crippen LogP contribution in [0.25, 0.3) is 0 Å². The smallest absolute Gasteiger partial charge is 0.417 e. The van der Waals surface area contributed by atoms with Gasteiger partial charge in [0, 0.05) is 27.6 Å². The van der Waals surface area contributed by atoms with Gasteiger partial charge in [-0.2, -0.15) is 18.2 Å². The van der Waals surface area contributed by atoms with E-state index in [4.69, 9.17) is 27.9 Å². The number of hydrogen-bond acceptors (Lipinski definition) is 9. The number of nitrogens with zero attached hydrogens (tertiary/aromatic N) is 3. The standard InChI is InChI=1S/C39H31Cl2F3N4O6S/c1-2-54-29-7-3-6-25(32(29)49)31-23-12-13-24-30(36(52)47(34(24)50)18-22-5-4-14-55-22)26(23)16-27-35(51)48(37(53)38(27,31)19-8-10-21(40)11-9-19)46-33-28(41)15-20(17-45-33)39(42,43)44/h3-12,14-15,17,24,26-27,30-31,49H,2,13,16,18H2,1H3,(H,45,46)/t24-,26+,27-,30-,31+,38+/m0/s1. The number of benzene rings is 2. The van der Waals surface area contributed by atoms with Gasteiger partial charge in [0.15, 0.2) is 17.3 Å². The molecule has 10 nitrogen and oxygen atoms in total. The molecule has 4 aliphatic rings. The number of anilines is 1. The highest BCUT2D eigenvalue weighted by Crippen LogP contribution is 2.65. The van der Waals surface area contributed by atoms with Gasteiger partial charge in [0.05, 0.1) is 46.9 Å². The summed E-state index contributed by atoms with van der Waals surface area (Å²) in [6, 6.07) is 15.5. The van der Waals surface area contributed by atoms with Crippen LogP contribution in [-0.4, -0.2) is 50.2 Å². The van der Waals surface area contributed by atoms with Crippen molar-refractivity contribution < 1.29 is 42.2 Å². The zero-order valence-electron chi connectivity index (χ0n) is 28.8. The summed E-state index contributed by atoms with van der Waals surface area (Å²) in [6.45, 7) is 2.04. The van der Waals surface area contributed by atoms with Gasteiger partial charge < -0.3 is 9.84 Å². The van der Waals surface area contributed by atoms with Gasteiger partial charge in [-0.05, 0) is 67.0 Å². The number of aromatic hydroxyl groups is 1. The van der Waals surface area contributed by atoms with Gasteiger partial charge >= 0.3 is 6.18 Å². The first kappa shape index (κ1) is 37.0. The van der Waals surface area contributed by atoms with Crippen molar-refractivity contribution in [1.82, 2.24) is 14.9 Å². The number of nitrogens with one attached hydrogen (secondary N) is 1. The topological polar surface area (TPSA) is 129 Å². The Morgan fingerprint density at radius 2 is 1.78 bits per heavy atom. The number of fused-ring (bicyclic) bond motifs is 4. The second-order valence-electron chi connectivity index (χ2n) is 13.9. The van der Waals surface area contributed by atoms with E-state index in [9.17, 15) is 32.7 Å². The predicted octanol–water partition coefficient (Wildman–Crippen LogP) is 7.76. The molecule has 0 bridgehead atoms. The van der Waals surface area contributed by atoms with Crippen LogP contribution in [-0.2, 0) is 37.3 Å². The summed E-state index contributed by atoms with van der Waals surface area (Å²) in [4.78, 5) is 64.4. The lowest BCUT2D eigenvalue weighted by atomic mass is 9.49. The highest BCUT2D eigenvalue weighted by molar-refractivity contribution is 7.09. The number of imide groups is 2. The third-order valence-corrected chi connectivity index (χ3v) is 12.6. The van der Waals surface area contributed by atoms with E-state index in [1.54, 1.807) is 49.4 Å². The van der Waals surface area contributed by atoms with Crippen LogP contribution in [0.2, 0.25) is 10.0 Å². The van der Waals surface area contributed by atoms with E-state index in [0.29, 0.717) is 33.4 Å². The molecule has 55 heavy (non-hydrogen) atoms. The van der Waals surface area contributed by atoms with Gasteiger partial charge in [0.1, 0.15) is 0 Å². The SMILES string of the molecule is CCOc1cccc([C@H]2C3=CC[C@@H]4C(=O)N(Cc5cccs5)C(=O)[C@@H]4[C@@H]3C[C@H]3C(=O)N(Nc4ncc(C(F)(F)F)cc4Cl)C(=O)[C@@]23c2ccc(Cl)cc2)c1O. The van der Waals surface area contributed by atoms with Crippen LogP contribution in [0.3, 0.4) is 0 Å². The van der Waals surface area contributed by atoms with Crippen molar-refractivity contribution in [3.05, 3.63) is 116 Å². The number of amides is 4. The molecule has 2 N–H and O–H groups in total. The average molecular weight is 812 g/mol. The number of thiophene rings is 1. The number of likely N-dealkylation sites (tertiary alicyclic amines) is 1. The van der Waals surface area contributed by atoms with Gasteiger partial charge in [-0.1, -0.05) is 65.2 Å². The molecule has 16 heteroatoms. The first-order valence-corrected chi connectivity index (χ1v) is 19.1. The van der Waals surface area contributed by atoms with Crippen molar-refractivity contribution in [2.24, 2.45) is 23.7 Å². The molecule has 0 radical (unpaired) electrons. The maximum Gasteiger partial charge on any atom is 0.417 e. The van der Waals surface area contributed by atoms with E-state index in [0.717, 1.165) is 4.88 Å². The Kier molecular flexibility index (Phi) is 9.21. The molecule has 2 aromatic heterocycles. The summed E-state index contributed by atoms with van der Waals surface area (Å²) in [5.41, 5.74) is 0.844. The summed E-state index contributed by atoms with van der Waals surface area (Å²) in [7, 11) is 0. The van der Waals surface area contributed by atoms with E-state index < -0.39 is 69.5 Å². The summed E-state index contributed by atoms with van der Waals surface area (Å²) in [6.07, 6.45) is -2.26. The van der Waals surface area contributed by atoms with Crippen LogP contribution in [0.4, 0.5) is 19.0 Å². The first-order valence-electron chi connectivity index (χ1n) is 17.4. The molecule has 4 heterocycles. The highest BCUT2D eigenvalue weighted by atomic mass is 35.5. The summed E-state index contributed by atoms with van der Waals surface area (Å²) in [5, 5.41) is 14.3. The molecular weight excluding hydrogens is 780 g/mol. The minimum atomic E-state index is -4.76. The molecule has 3 fully saturated rings. The van der Waals surface area contributed by atoms with Crippen LogP contribution >= 0.6 is 34.5 Å². The van der Waals surface area contributed by atoms with Crippen molar-refractivity contribution in [3.8, 4) is 11.5 Å². The minimum absolute atomic E-state index is 0.0547. The number of rotatable bonds is 8. The monoisotopic (exact) mass is 810 g/mol. The Balaban J connectivity index is 1.32. The Labute approximate surface area is 326 Å². The maximum atomic E-state index is 15.3. The molecule has 2 aromatic carbocycles. The third kappa shape index (κ3) is 5.79. The Morgan fingerprint density at radius 1 is 1.02 bits per heavy atom. The number of ether oxygens (including phenoxy) is 1. The minimum Gasteiger partial charge on any atom is -0.504 e. The Morgan fingerprint density at radius 3 is 2.45 bits per heavy atom. The number of carbonyl (C=O) groups excluding carboxylic acids is 4. The number of pyridine rings is 1. The fourth-order valence-electron chi connectivity index (χ4n) is 8.95. The highest BCUT2D eigenvalue weighted by Gasteiger charge is 2.70. The van der Waals surface area contributed by atoms with Gasteiger partial charge in [0.25, 0.3) is 11.8 Å². The molecule has 284 valence electrons. The lowest BCUT2D eigenvalue weighted by Gasteiger charge is -2.50. The van der Waals surface area contributed by atoms with Crippen molar-refractivity contribution in [1.29, 1.82) is 0 Å². The van der Waals surface area contributed by atoms with Crippen LogP contribution in [0.15, 0.2) is 83.9 Å². The van der Waals surface area contributed by atoms with E-state index in [-0.39, 0.29) is 54.8 Å². The lowest BCUT2D eigenvalue weighted by molar-refractivity contribution is -0.142. The number of phenolic OH excluding ortho intramolecular Hbond substituents is 1. The second kappa shape index (κ2) is 13.7. The van der Waals surface area contributed by atoms with Gasteiger partial charge in [-0.15, -0.1) is 11.3 Å². The largest absolute Gasteiger partial charge is 0.504 e. The fraction of sp³-hybridized carbons (Fsp3) is 0.308. The van der Waals surface area contributed by atoms with Gasteiger partial charge in [-0.3, -0.25) is 29.5 Å². The van der Waals surface area contributed by atoms with Crippen LogP contribution in [0.5, 0.6) is 11.5 Å². The number of hydrazine groups is 1. The molecule has 2 aliphatic carbocycles. The Hall–Kier alpha value is -4.92. The number of carbonyl (C=O) groups is 4. The molecule has 1 saturated carbocycles. The van der Waals surface area contributed by atoms with Crippen molar-refractivity contribution in [2.75, 3.05) is 12.0 Å². The van der Waals surface area contributed by atoms with Crippen LogP contribution in [0, 0.1) is 23.7 Å². The van der Waals surface area contributed by atoms with Crippen molar-refractivity contribution in [3.63, 3.8) is 0 Å². The molecule has 2 saturated heterocycles. The summed E-state index contributed by atoms with van der Waals surface area (Å²) >= 11 is 14.0. The third-order valence-electron chi connectivity index (χ3n) is 11.2. The molecule has 2 aliphatic heterocycles. The first-order chi connectivity index (χ1) is 26.3. The van der Waals surface area contributed by atoms with Crippen molar-refractivity contribution >= 4 is 64.0 Å². The second-order valence-corrected chi connectivity index (χ2v) is 15.8. The van der Waals surface area contributed by atoms with Crippen LogP contribution in [0.1, 0.15) is 47.3 Å². The Bertz CT molecular complexity index is 2270. The van der Waals surface area contributed by atoms with E-state index in [1.807, 2.05) is 23.6 Å². The number of hydrogen-bond donors (Lipinski definition) is 2. The number of phenols is 1. The number of allylic oxidation sites excluding steroid dienone is 2. The van der Waals surface area contributed by atoms with Gasteiger partial charge in [-0.25, -0.2) is 4.98 Å². The van der Waals surface area contributed by atoms with Crippen molar-refractivity contribution in [2.45, 2.75) is 43.8 Å². The molecule has 4 aromatic rings. The molecular formula is C39H31Cl2F3N4O6S. The molecule has 0 unspecified atom stereocenters. The number of halogens is 5. The quantitative estimate of drug-likeness (QED) is 0.137. The van der Waals surface area contributed by atoms with E-state index >= 15 is 4.79 Å². The maximum absolute atomic E-state index is 15.3. The number of alkyl halides is 3. The normalized spacial score (nSPS) is 26.1. The number of para-hydroxylation sites is 1. The zero-order chi connectivity index (χ0) is 39.0. The van der Waals surface area contributed by atoms with E-state index in [2.05, 4.69) is 10.4 Å². The van der Waals surface area contributed by atoms with Crippen LogP contribution < -0.4 is 10.2 Å². The average Bonchev–Trinajstić information content (AvgIpc) is 3.81. The van der Waals surface area contributed by atoms with Gasteiger partial charge in [0.2, 0.25) is 11.8 Å². The molecule has 8 rings (SSSR count). The fourth-order valence-corrected chi connectivity index (χ4v) is 9.98. The summed E-state index contributed by atoms with van der Waals surface area (Å²) in [5.74, 6) is -7.46. The molecule has 6 atom stereocenters. The zero-order valence-corrected chi connectivity index (χ0v) is 31.2. The molecule has 0 spiro atoms. The van der Waals surface area contributed by atoms with E-state index in [1.165, 1.54) is 16.2 Å². The lowest BCUT2D eigenvalue weighted by Crippen LogP contribution is -2.53.